The van der Waals surface area contributed by atoms with Crippen LogP contribution in [0, 0.1) is 5.92 Å². The number of hydrogen-bond donors (Lipinski definition) is 3. The summed E-state index contributed by atoms with van der Waals surface area (Å²) in [6, 6.07) is 3.19. The lowest BCUT2D eigenvalue weighted by atomic mass is 10.0. The van der Waals surface area contributed by atoms with Gasteiger partial charge in [0.2, 0.25) is 17.7 Å². The Kier molecular flexibility index (Phi) is 4.56. The van der Waals surface area contributed by atoms with Gasteiger partial charge in [-0.05, 0) is 42.7 Å². The number of benzene rings is 1. The van der Waals surface area contributed by atoms with Crippen molar-refractivity contribution in [2.75, 3.05) is 4.90 Å². The van der Waals surface area contributed by atoms with Crippen LogP contribution in [0.25, 0.3) is 0 Å². The minimum atomic E-state index is -1.06. The van der Waals surface area contributed by atoms with Crippen molar-refractivity contribution in [3.05, 3.63) is 29.3 Å². The number of carboxylic acids is 1. The third kappa shape index (κ3) is 3.23. The van der Waals surface area contributed by atoms with E-state index in [4.69, 9.17) is 0 Å². The molecule has 3 aliphatic rings. The molecule has 3 atom stereocenters. The Morgan fingerprint density at radius 2 is 1.89 bits per heavy atom. The van der Waals surface area contributed by atoms with Crippen molar-refractivity contribution < 1.29 is 24.3 Å². The van der Waals surface area contributed by atoms with Gasteiger partial charge in [0.05, 0.1) is 5.69 Å². The van der Waals surface area contributed by atoms with Gasteiger partial charge in [-0.1, -0.05) is 18.2 Å². The molecule has 8 heteroatoms. The molecule has 0 radical (unpaired) electrons. The van der Waals surface area contributed by atoms with Crippen molar-refractivity contribution in [2.45, 2.75) is 57.2 Å². The highest BCUT2D eigenvalue weighted by Gasteiger charge is 2.45. The Balaban J connectivity index is 1.59. The number of aliphatic carboxylic acids is 1. The fraction of sp³-hybridized carbons (Fsp3) is 0.500. The van der Waals surface area contributed by atoms with E-state index in [1.165, 1.54) is 11.8 Å². The van der Waals surface area contributed by atoms with E-state index in [1.54, 1.807) is 0 Å². The van der Waals surface area contributed by atoms with Crippen LogP contribution in [0.2, 0.25) is 0 Å². The van der Waals surface area contributed by atoms with Crippen molar-refractivity contribution in [1.29, 1.82) is 0 Å². The number of nitrogens with zero attached hydrogens (tertiary/aromatic N) is 1. The summed E-state index contributed by atoms with van der Waals surface area (Å²) in [5.74, 6) is -2.04. The molecule has 2 heterocycles. The monoisotopic (exact) mass is 385 g/mol. The van der Waals surface area contributed by atoms with Crippen LogP contribution in [0.3, 0.4) is 0 Å². The van der Waals surface area contributed by atoms with Crippen LogP contribution < -0.4 is 15.5 Å². The summed E-state index contributed by atoms with van der Waals surface area (Å²) in [7, 11) is 0. The molecule has 0 spiro atoms. The zero-order chi connectivity index (χ0) is 20.0. The Labute approximate surface area is 162 Å². The molecule has 0 bridgehead atoms. The van der Waals surface area contributed by atoms with Crippen LogP contribution in [0.15, 0.2) is 18.2 Å². The van der Waals surface area contributed by atoms with Gasteiger partial charge in [-0.15, -0.1) is 0 Å². The lowest BCUT2D eigenvalue weighted by molar-refractivity contribution is -0.140. The van der Waals surface area contributed by atoms with Crippen LogP contribution in [-0.4, -0.2) is 46.9 Å². The first kappa shape index (κ1) is 18.5. The first-order chi connectivity index (χ1) is 13.4. The largest absolute Gasteiger partial charge is 0.480 e. The molecule has 1 fully saturated rings. The topological polar surface area (TPSA) is 116 Å². The molecule has 1 aromatic carbocycles. The summed E-state index contributed by atoms with van der Waals surface area (Å²) in [5.41, 5.74) is 2.45. The van der Waals surface area contributed by atoms with Crippen LogP contribution in [-0.2, 0) is 32.0 Å². The maximum atomic E-state index is 13.2. The molecule has 148 valence electrons. The highest BCUT2D eigenvalue weighted by atomic mass is 16.4. The molecule has 1 aromatic rings. The summed E-state index contributed by atoms with van der Waals surface area (Å²) >= 11 is 0. The molecule has 3 N–H and O–H groups in total. The molecule has 1 aliphatic carbocycles. The number of carbonyl (C=O) groups is 4. The Bertz CT molecular complexity index is 863. The highest BCUT2D eigenvalue weighted by Crippen LogP contribution is 2.39. The predicted octanol–water partition coefficient (Wildman–Crippen LogP) is 0.375. The molecule has 0 unspecified atom stereocenters. The van der Waals surface area contributed by atoms with Gasteiger partial charge < -0.3 is 15.7 Å². The Morgan fingerprint density at radius 1 is 1.18 bits per heavy atom. The molecular weight excluding hydrogens is 362 g/mol. The van der Waals surface area contributed by atoms with Crippen molar-refractivity contribution in [3.63, 3.8) is 0 Å². The number of aryl methyl sites for hydroxylation is 1. The van der Waals surface area contributed by atoms with E-state index in [1.807, 2.05) is 18.2 Å². The number of carbonyl (C=O) groups excluding carboxylic acids is 3. The number of amides is 3. The van der Waals surface area contributed by atoms with Crippen LogP contribution >= 0.6 is 0 Å². The zero-order valence-electron chi connectivity index (χ0n) is 15.6. The van der Waals surface area contributed by atoms with E-state index in [0.717, 1.165) is 24.0 Å². The second-order valence-corrected chi connectivity index (χ2v) is 7.81. The van der Waals surface area contributed by atoms with E-state index < -0.39 is 30.0 Å². The van der Waals surface area contributed by atoms with Crippen molar-refractivity contribution in [2.24, 2.45) is 5.92 Å². The number of rotatable bonds is 5. The van der Waals surface area contributed by atoms with E-state index in [9.17, 15) is 24.3 Å². The first-order valence-electron chi connectivity index (χ1n) is 9.61. The molecule has 28 heavy (non-hydrogen) atoms. The lowest BCUT2D eigenvalue weighted by Gasteiger charge is -2.27. The quantitative estimate of drug-likeness (QED) is 0.677. The molecule has 4 rings (SSSR count). The number of anilines is 1. The van der Waals surface area contributed by atoms with Gasteiger partial charge >= 0.3 is 5.97 Å². The Morgan fingerprint density at radius 3 is 2.54 bits per heavy atom. The van der Waals surface area contributed by atoms with Gasteiger partial charge in [-0.25, -0.2) is 4.79 Å². The minimum Gasteiger partial charge on any atom is -0.480 e. The normalized spacial score (nSPS) is 24.2. The summed E-state index contributed by atoms with van der Waals surface area (Å²) < 4.78 is 0. The number of para-hydroxylation sites is 1. The maximum absolute atomic E-state index is 13.2. The number of hydrogen-bond acceptors (Lipinski definition) is 4. The third-order valence-electron chi connectivity index (χ3n) is 5.74. The SMILES string of the molecule is CC(=O)N[C@H](C(=O)N[C@H]1CCc2cccc3c2N(C1=O)[C@H](C(=O)O)C3)C1CC1. The maximum Gasteiger partial charge on any atom is 0.327 e. The average Bonchev–Trinajstić information content (AvgIpc) is 3.41. The van der Waals surface area contributed by atoms with Crippen molar-refractivity contribution >= 4 is 29.4 Å². The van der Waals surface area contributed by atoms with Gasteiger partial charge in [-0.3, -0.25) is 19.3 Å². The van der Waals surface area contributed by atoms with Crippen molar-refractivity contribution in [1.82, 2.24) is 10.6 Å². The molecule has 0 saturated heterocycles. The minimum absolute atomic E-state index is 0.0899. The van der Waals surface area contributed by atoms with Gasteiger partial charge in [0.1, 0.15) is 18.1 Å². The van der Waals surface area contributed by atoms with Crippen molar-refractivity contribution in [3.8, 4) is 0 Å². The lowest BCUT2D eigenvalue weighted by Crippen LogP contribution is -2.56. The Hall–Kier alpha value is -2.90. The molecule has 2 aliphatic heterocycles. The van der Waals surface area contributed by atoms with Gasteiger partial charge in [0.15, 0.2) is 0 Å². The summed E-state index contributed by atoms with van der Waals surface area (Å²) in [4.78, 5) is 50.5. The van der Waals surface area contributed by atoms with Crippen LogP contribution in [0.5, 0.6) is 0 Å². The van der Waals surface area contributed by atoms with E-state index in [0.29, 0.717) is 18.5 Å². The van der Waals surface area contributed by atoms with E-state index >= 15 is 0 Å². The molecular formula is C20H23N3O5. The van der Waals surface area contributed by atoms with E-state index in [2.05, 4.69) is 10.6 Å². The summed E-state index contributed by atoms with van der Waals surface area (Å²) in [6.45, 7) is 1.36. The van der Waals surface area contributed by atoms with Gasteiger partial charge in [-0.2, -0.15) is 0 Å². The third-order valence-corrected chi connectivity index (χ3v) is 5.74. The summed E-state index contributed by atoms with van der Waals surface area (Å²) in [6.07, 6.45) is 2.94. The summed E-state index contributed by atoms with van der Waals surface area (Å²) in [5, 5.41) is 15.1. The number of nitrogens with one attached hydrogen (secondary N) is 2. The highest BCUT2D eigenvalue weighted by molar-refractivity contribution is 6.07. The average molecular weight is 385 g/mol. The molecule has 1 saturated carbocycles. The van der Waals surface area contributed by atoms with Crippen LogP contribution in [0.1, 0.15) is 37.3 Å². The smallest absolute Gasteiger partial charge is 0.327 e. The zero-order valence-corrected chi connectivity index (χ0v) is 15.6. The fourth-order valence-corrected chi connectivity index (χ4v) is 4.27. The van der Waals surface area contributed by atoms with Crippen LogP contribution in [0.4, 0.5) is 5.69 Å². The molecule has 8 nitrogen and oxygen atoms in total. The fourth-order valence-electron chi connectivity index (χ4n) is 4.27. The second kappa shape index (κ2) is 6.92. The number of carboxylic acid groups (broad SMARTS) is 1. The van der Waals surface area contributed by atoms with Gasteiger partial charge in [0.25, 0.3) is 0 Å². The molecule has 3 amide bonds. The molecule has 0 aromatic heterocycles. The standard InChI is InChI=1S/C20H23N3O5/c1-10(24)21-16(11-5-6-11)18(25)22-14-8-7-12-3-2-4-13-9-15(20(27)28)23(17(12)13)19(14)26/h2-4,11,14-16H,5-9H2,1H3,(H,21,24)(H,22,25)(H,27,28)/t14-,15-,16-/m0/s1. The first-order valence-corrected chi connectivity index (χ1v) is 9.61. The van der Waals surface area contributed by atoms with E-state index in [-0.39, 0.29) is 24.2 Å². The predicted molar refractivity (Wildman–Crippen MR) is 99.6 cm³/mol. The second-order valence-electron chi connectivity index (χ2n) is 7.81. The van der Waals surface area contributed by atoms with Gasteiger partial charge in [0, 0.05) is 13.3 Å².